The molecule has 0 rings (SSSR count). The summed E-state index contributed by atoms with van der Waals surface area (Å²) >= 11 is 0. The summed E-state index contributed by atoms with van der Waals surface area (Å²) in [5.74, 6) is -2.11. The van der Waals surface area contributed by atoms with Crippen molar-refractivity contribution < 1.29 is 80.2 Å². The maximum absolute atomic E-state index is 13.1. The fraction of sp³-hybridized carbons (Fsp3) is 0.947. The number of carbonyl (C=O) groups excluding carboxylic acids is 4. The van der Waals surface area contributed by atoms with E-state index in [-0.39, 0.29) is 25.7 Å². The molecule has 0 fully saturated rings. The van der Waals surface area contributed by atoms with Crippen LogP contribution in [0.2, 0.25) is 0 Å². The van der Waals surface area contributed by atoms with Crippen molar-refractivity contribution in [2.75, 3.05) is 39.6 Å². The van der Waals surface area contributed by atoms with Crippen molar-refractivity contribution in [2.24, 2.45) is 0 Å². The van der Waals surface area contributed by atoms with Crippen molar-refractivity contribution in [1.82, 2.24) is 0 Å². The van der Waals surface area contributed by atoms with E-state index in [2.05, 4.69) is 27.7 Å². The van der Waals surface area contributed by atoms with E-state index in [1.54, 1.807) is 0 Å². The van der Waals surface area contributed by atoms with E-state index in [1.165, 1.54) is 231 Å². The molecule has 558 valence electrons. The average molecular weight is 1380 g/mol. The van der Waals surface area contributed by atoms with Crippen molar-refractivity contribution >= 4 is 39.5 Å². The normalized spacial score (nSPS) is 13.9. The molecular weight excluding hydrogens is 1230 g/mol. The van der Waals surface area contributed by atoms with E-state index in [4.69, 9.17) is 37.0 Å². The van der Waals surface area contributed by atoms with Gasteiger partial charge >= 0.3 is 39.5 Å². The molecule has 0 heterocycles. The van der Waals surface area contributed by atoms with Gasteiger partial charge in [-0.2, -0.15) is 0 Å². The number of aliphatic hydroxyl groups excluding tert-OH is 1. The molecule has 0 aromatic heterocycles. The van der Waals surface area contributed by atoms with Crippen LogP contribution < -0.4 is 0 Å². The Hall–Kier alpha value is -1.94. The van der Waals surface area contributed by atoms with Gasteiger partial charge in [0.25, 0.3) is 0 Å². The lowest BCUT2D eigenvalue weighted by Crippen LogP contribution is -2.30. The highest BCUT2D eigenvalue weighted by atomic mass is 31.2. The van der Waals surface area contributed by atoms with E-state index in [1.807, 2.05) is 0 Å². The van der Waals surface area contributed by atoms with Gasteiger partial charge in [0.05, 0.1) is 26.4 Å². The standard InChI is InChI=1S/C75H146O17P2/c1-5-9-13-17-21-25-28-31-34-35-36-37-40-43-46-50-54-58-62-75(80)92-71(66-86-73(78)60-56-52-48-44-41-38-32-29-26-22-18-14-10-6-2)68-90-94(83,84)88-64-69(76)63-87-93(81,82)89-67-70(65-85-72(77)59-55-51-47-24-20-16-12-8-4)91-74(79)61-57-53-49-45-42-39-33-30-27-23-19-15-11-7-3/h69-71,76H,5-68H2,1-4H3,(H,81,82)(H,83,84)/t69-,70+,71+/m0/s1. The number of phosphoric acid groups is 2. The summed E-state index contributed by atoms with van der Waals surface area (Å²) in [5.41, 5.74) is 0. The van der Waals surface area contributed by atoms with Gasteiger partial charge in [-0.05, 0) is 25.7 Å². The minimum atomic E-state index is -4.95. The van der Waals surface area contributed by atoms with Gasteiger partial charge in [-0.25, -0.2) is 9.13 Å². The lowest BCUT2D eigenvalue weighted by molar-refractivity contribution is -0.161. The number of hydrogen-bond acceptors (Lipinski definition) is 15. The summed E-state index contributed by atoms with van der Waals surface area (Å²) in [4.78, 5) is 72.7. The van der Waals surface area contributed by atoms with Crippen LogP contribution in [-0.4, -0.2) is 96.7 Å². The number of esters is 4. The fourth-order valence-electron chi connectivity index (χ4n) is 11.6. The summed E-state index contributed by atoms with van der Waals surface area (Å²) in [6.45, 7) is 4.97. The summed E-state index contributed by atoms with van der Waals surface area (Å²) in [6, 6.07) is 0. The summed E-state index contributed by atoms with van der Waals surface area (Å²) in [5, 5.41) is 10.6. The van der Waals surface area contributed by atoms with Crippen LogP contribution in [0.1, 0.15) is 400 Å². The number of hydrogen-bond donors (Lipinski definition) is 3. The Morgan fingerprint density at radius 2 is 0.426 bits per heavy atom. The maximum atomic E-state index is 13.1. The van der Waals surface area contributed by atoms with Gasteiger partial charge in [0.2, 0.25) is 0 Å². The zero-order valence-electron chi connectivity index (χ0n) is 60.9. The maximum Gasteiger partial charge on any atom is 0.472 e. The SMILES string of the molecule is CCCCCCCCCCCCCCCCCCCCC(=O)O[C@H](COC(=O)CCCCCCCCCCCCCCCC)COP(=O)(O)OC[C@@H](O)COP(=O)(O)OC[C@@H](COC(=O)CCCCCCCCCC)OC(=O)CCCCCCCCCCCCCCCC. The van der Waals surface area contributed by atoms with E-state index in [0.717, 1.165) is 89.9 Å². The molecule has 0 saturated carbocycles. The van der Waals surface area contributed by atoms with E-state index >= 15 is 0 Å². The van der Waals surface area contributed by atoms with Crippen LogP contribution >= 0.6 is 15.6 Å². The van der Waals surface area contributed by atoms with E-state index < -0.39 is 97.5 Å². The molecule has 0 aliphatic carbocycles. The van der Waals surface area contributed by atoms with Crippen LogP contribution in [0.15, 0.2) is 0 Å². The number of carbonyl (C=O) groups is 4. The number of phosphoric ester groups is 2. The highest BCUT2D eigenvalue weighted by Gasteiger charge is 2.30. The zero-order valence-corrected chi connectivity index (χ0v) is 62.7. The Kier molecular flexibility index (Phi) is 68.1. The molecule has 17 nitrogen and oxygen atoms in total. The monoisotopic (exact) mass is 1380 g/mol. The fourth-order valence-corrected chi connectivity index (χ4v) is 13.2. The summed E-state index contributed by atoms with van der Waals surface area (Å²) in [7, 11) is -9.90. The molecule has 94 heavy (non-hydrogen) atoms. The Labute approximate surface area is 575 Å². The molecule has 5 atom stereocenters. The van der Waals surface area contributed by atoms with Crippen LogP contribution in [0.4, 0.5) is 0 Å². The third-order valence-corrected chi connectivity index (χ3v) is 19.5. The molecule has 0 amide bonds. The van der Waals surface area contributed by atoms with Crippen LogP contribution in [0.3, 0.4) is 0 Å². The van der Waals surface area contributed by atoms with Crippen molar-refractivity contribution in [2.45, 2.75) is 418 Å². The predicted molar refractivity (Wildman–Crippen MR) is 382 cm³/mol. The second-order valence-corrected chi connectivity index (χ2v) is 29.9. The first kappa shape index (κ1) is 92.1. The molecule has 2 unspecified atom stereocenters. The van der Waals surface area contributed by atoms with Gasteiger partial charge in [0.15, 0.2) is 12.2 Å². The minimum Gasteiger partial charge on any atom is -0.462 e. The molecule has 19 heteroatoms. The second kappa shape index (κ2) is 69.5. The van der Waals surface area contributed by atoms with E-state index in [9.17, 15) is 43.2 Å². The average Bonchev–Trinajstić information content (AvgIpc) is 1.85. The number of rotatable bonds is 76. The van der Waals surface area contributed by atoms with Crippen molar-refractivity contribution in [3.8, 4) is 0 Å². The molecule has 0 aliphatic heterocycles. The van der Waals surface area contributed by atoms with Gasteiger partial charge in [-0.15, -0.1) is 0 Å². The number of ether oxygens (including phenoxy) is 4. The topological polar surface area (TPSA) is 237 Å². The van der Waals surface area contributed by atoms with E-state index in [0.29, 0.717) is 25.7 Å². The lowest BCUT2D eigenvalue weighted by atomic mass is 10.0. The Balaban J connectivity index is 5.20. The van der Waals surface area contributed by atoms with Gasteiger partial charge in [-0.3, -0.25) is 37.3 Å². The molecule has 0 aliphatic rings. The molecule has 3 N–H and O–H groups in total. The van der Waals surface area contributed by atoms with Gasteiger partial charge in [0, 0.05) is 25.7 Å². The first-order valence-corrected chi connectivity index (χ1v) is 42.3. The van der Waals surface area contributed by atoms with Gasteiger partial charge in [0.1, 0.15) is 19.3 Å². The minimum absolute atomic E-state index is 0.108. The zero-order chi connectivity index (χ0) is 69.0. The quantitative estimate of drug-likeness (QED) is 0.0222. The molecule has 0 aromatic carbocycles. The largest absolute Gasteiger partial charge is 0.472 e. The second-order valence-electron chi connectivity index (χ2n) is 27.0. The molecular formula is C75H146O17P2. The number of unbranched alkanes of at least 4 members (excludes halogenated alkanes) is 50. The van der Waals surface area contributed by atoms with Gasteiger partial charge < -0.3 is 33.8 Å². The third kappa shape index (κ3) is 68.6. The lowest BCUT2D eigenvalue weighted by Gasteiger charge is -2.21. The van der Waals surface area contributed by atoms with Crippen LogP contribution in [0, 0.1) is 0 Å². The Morgan fingerprint density at radius 1 is 0.255 bits per heavy atom. The van der Waals surface area contributed by atoms with Crippen molar-refractivity contribution in [1.29, 1.82) is 0 Å². The van der Waals surface area contributed by atoms with Crippen LogP contribution in [-0.2, 0) is 65.4 Å². The molecule has 0 saturated heterocycles. The summed E-state index contributed by atoms with van der Waals surface area (Å²) in [6.07, 6.45) is 59.6. The van der Waals surface area contributed by atoms with Crippen LogP contribution in [0.5, 0.6) is 0 Å². The molecule has 0 radical (unpaired) electrons. The predicted octanol–water partition coefficient (Wildman–Crippen LogP) is 22.2. The van der Waals surface area contributed by atoms with Crippen molar-refractivity contribution in [3.05, 3.63) is 0 Å². The Bertz CT molecular complexity index is 1790. The van der Waals surface area contributed by atoms with Crippen LogP contribution in [0.25, 0.3) is 0 Å². The first-order chi connectivity index (χ1) is 45.7. The third-order valence-electron chi connectivity index (χ3n) is 17.6. The first-order valence-electron chi connectivity index (χ1n) is 39.3. The molecule has 0 spiro atoms. The highest BCUT2D eigenvalue weighted by Crippen LogP contribution is 2.45. The van der Waals surface area contributed by atoms with Crippen molar-refractivity contribution in [3.63, 3.8) is 0 Å². The molecule has 0 bridgehead atoms. The summed E-state index contributed by atoms with van der Waals surface area (Å²) < 4.78 is 68.4. The number of aliphatic hydroxyl groups is 1. The molecule has 0 aromatic rings. The highest BCUT2D eigenvalue weighted by molar-refractivity contribution is 7.47. The van der Waals surface area contributed by atoms with Gasteiger partial charge in [-0.1, -0.05) is 349 Å². The Morgan fingerprint density at radius 3 is 0.628 bits per heavy atom. The smallest absolute Gasteiger partial charge is 0.462 e.